The van der Waals surface area contributed by atoms with Crippen LogP contribution in [0, 0.1) is 0 Å². The fourth-order valence-electron chi connectivity index (χ4n) is 1.80. The first-order valence-electron chi connectivity index (χ1n) is 8.12. The summed E-state index contributed by atoms with van der Waals surface area (Å²) >= 11 is 0. The van der Waals surface area contributed by atoms with Gasteiger partial charge in [-0.25, -0.2) is 0 Å². The average molecular weight is 299 g/mol. The van der Waals surface area contributed by atoms with Crippen molar-refractivity contribution < 1.29 is 14.3 Å². The third-order valence-corrected chi connectivity index (χ3v) is 2.88. The lowest BCUT2D eigenvalue weighted by Crippen LogP contribution is -2.20. The Morgan fingerprint density at radius 3 is 1.81 bits per heavy atom. The Labute approximate surface area is 130 Å². The summed E-state index contributed by atoms with van der Waals surface area (Å²) < 4.78 is 4.47. The van der Waals surface area contributed by atoms with Gasteiger partial charge in [-0.2, -0.15) is 0 Å². The monoisotopic (exact) mass is 299 g/mol. The van der Waals surface area contributed by atoms with E-state index in [4.69, 9.17) is 5.73 Å². The normalized spacial score (nSPS) is 9.48. The number of carbonyl (C=O) groups excluding carboxylic acids is 2. The number of unbranched alkanes of at least 4 members (excludes halogenated alkanes) is 8. The first-order chi connectivity index (χ1) is 10.1. The van der Waals surface area contributed by atoms with E-state index in [1.807, 2.05) is 6.92 Å². The maximum absolute atomic E-state index is 11.1. The maximum atomic E-state index is 11.1. The Balaban J connectivity index is 0. The summed E-state index contributed by atoms with van der Waals surface area (Å²) in [5.41, 5.74) is 5.04. The van der Waals surface area contributed by atoms with E-state index in [2.05, 4.69) is 18.2 Å². The minimum absolute atomic E-state index is 0.233. The van der Waals surface area contributed by atoms with Crippen molar-refractivity contribution in [2.75, 3.05) is 6.54 Å². The maximum Gasteiger partial charge on any atom is 0.327 e. The van der Waals surface area contributed by atoms with Gasteiger partial charge in [0.25, 0.3) is 0 Å². The molecule has 4 heteroatoms. The Bertz CT molecular complexity index is 265. The molecule has 0 bridgehead atoms. The average Bonchev–Trinajstić information content (AvgIpc) is 2.46. The van der Waals surface area contributed by atoms with Gasteiger partial charge in [-0.3, -0.25) is 9.59 Å². The number of carbonyl (C=O) groups is 2. The highest BCUT2D eigenvalue weighted by atomic mass is 16.6. The number of hydrogen-bond donors (Lipinski definition) is 1. The SMILES string of the molecule is C=CC.CCCCCCCCCCCC(=O)OC(=O)CN. The molecular weight excluding hydrogens is 266 g/mol. The third-order valence-electron chi connectivity index (χ3n) is 2.88. The van der Waals surface area contributed by atoms with Crippen molar-refractivity contribution in [1.82, 2.24) is 0 Å². The summed E-state index contributed by atoms with van der Waals surface area (Å²) in [4.78, 5) is 21.8. The second-order valence-corrected chi connectivity index (χ2v) is 5.04. The van der Waals surface area contributed by atoms with Gasteiger partial charge in [0.15, 0.2) is 0 Å². The van der Waals surface area contributed by atoms with Crippen molar-refractivity contribution in [3.63, 3.8) is 0 Å². The number of nitrogens with two attached hydrogens (primary N) is 1. The predicted octanol–water partition coefficient (Wildman–Crippen LogP) is 4.13. The second-order valence-electron chi connectivity index (χ2n) is 5.04. The van der Waals surface area contributed by atoms with Crippen molar-refractivity contribution >= 4 is 11.9 Å². The number of hydrogen-bond acceptors (Lipinski definition) is 4. The highest BCUT2D eigenvalue weighted by molar-refractivity contribution is 5.86. The van der Waals surface area contributed by atoms with E-state index in [0.717, 1.165) is 19.3 Å². The molecule has 124 valence electrons. The summed E-state index contributed by atoms with van der Waals surface area (Å²) in [5.74, 6) is -1.09. The Kier molecular flexibility index (Phi) is 19.9. The number of allylic oxidation sites excluding steroid dienone is 1. The molecule has 2 N–H and O–H groups in total. The quantitative estimate of drug-likeness (QED) is 0.269. The molecule has 0 aromatic rings. The van der Waals surface area contributed by atoms with Crippen LogP contribution in [0.15, 0.2) is 12.7 Å². The molecular formula is C17H33NO3. The molecule has 0 saturated carbocycles. The first kappa shape index (κ1) is 22.1. The molecule has 0 unspecified atom stereocenters. The largest absolute Gasteiger partial charge is 0.392 e. The van der Waals surface area contributed by atoms with Crippen molar-refractivity contribution in [2.45, 2.75) is 78.1 Å². The Morgan fingerprint density at radius 2 is 1.38 bits per heavy atom. The molecule has 0 heterocycles. The number of esters is 2. The summed E-state index contributed by atoms with van der Waals surface area (Å²) in [5, 5.41) is 0. The predicted molar refractivity (Wildman–Crippen MR) is 87.9 cm³/mol. The number of rotatable bonds is 11. The molecule has 0 aliphatic carbocycles. The lowest BCUT2D eigenvalue weighted by atomic mass is 10.1. The standard InChI is InChI=1S/C14H27NO3.C3H6/c1-2-3-4-5-6-7-8-9-10-11-13(16)18-14(17)12-15;1-3-2/h2-12,15H2,1H3;3H,1H2,2H3. The second kappa shape index (κ2) is 18.8. The molecule has 0 atom stereocenters. The molecule has 4 nitrogen and oxygen atoms in total. The molecule has 0 saturated heterocycles. The minimum atomic E-state index is -0.643. The van der Waals surface area contributed by atoms with Gasteiger partial charge in [0.05, 0.1) is 6.54 Å². The summed E-state index contributed by atoms with van der Waals surface area (Å²) in [7, 11) is 0. The van der Waals surface area contributed by atoms with Gasteiger partial charge in [0.2, 0.25) is 0 Å². The van der Waals surface area contributed by atoms with Crippen LogP contribution >= 0.6 is 0 Å². The zero-order chi connectivity index (χ0) is 16.3. The fourth-order valence-corrected chi connectivity index (χ4v) is 1.80. The van der Waals surface area contributed by atoms with Crippen LogP contribution in [0.25, 0.3) is 0 Å². The van der Waals surface area contributed by atoms with Gasteiger partial charge in [-0.05, 0) is 13.3 Å². The van der Waals surface area contributed by atoms with Crippen molar-refractivity contribution in [1.29, 1.82) is 0 Å². The number of ether oxygens (including phenoxy) is 1. The van der Waals surface area contributed by atoms with Crippen LogP contribution in [-0.2, 0) is 14.3 Å². The van der Waals surface area contributed by atoms with Crippen LogP contribution in [0.1, 0.15) is 78.1 Å². The van der Waals surface area contributed by atoms with Crippen molar-refractivity contribution in [2.24, 2.45) is 5.73 Å². The van der Waals surface area contributed by atoms with Crippen LogP contribution < -0.4 is 5.73 Å². The van der Waals surface area contributed by atoms with Gasteiger partial charge in [0.1, 0.15) is 0 Å². The molecule has 0 aliphatic heterocycles. The fraction of sp³-hybridized carbons (Fsp3) is 0.765. The van der Waals surface area contributed by atoms with E-state index in [0.29, 0.717) is 6.42 Å². The van der Waals surface area contributed by atoms with E-state index >= 15 is 0 Å². The Hall–Kier alpha value is -1.16. The van der Waals surface area contributed by atoms with Gasteiger partial charge in [-0.15, -0.1) is 6.58 Å². The van der Waals surface area contributed by atoms with Crippen LogP contribution in [0.2, 0.25) is 0 Å². The molecule has 0 aromatic heterocycles. The highest BCUT2D eigenvalue weighted by Gasteiger charge is 2.07. The summed E-state index contributed by atoms with van der Waals surface area (Å²) in [6.45, 7) is 7.23. The molecule has 0 rings (SSSR count). The van der Waals surface area contributed by atoms with Crippen molar-refractivity contribution in [3.8, 4) is 0 Å². The summed E-state index contributed by atoms with van der Waals surface area (Å²) in [6.07, 6.45) is 12.9. The zero-order valence-corrected chi connectivity index (χ0v) is 13.9. The van der Waals surface area contributed by atoms with Gasteiger partial charge >= 0.3 is 11.9 Å². The molecule has 0 fully saturated rings. The molecule has 0 aromatic carbocycles. The molecule has 0 amide bonds. The lowest BCUT2D eigenvalue weighted by Gasteiger charge is -2.02. The van der Waals surface area contributed by atoms with Crippen LogP contribution in [0.5, 0.6) is 0 Å². The van der Waals surface area contributed by atoms with E-state index < -0.39 is 11.9 Å². The van der Waals surface area contributed by atoms with E-state index in [1.165, 1.54) is 38.5 Å². The van der Waals surface area contributed by atoms with E-state index in [1.54, 1.807) is 6.08 Å². The van der Waals surface area contributed by atoms with Crippen LogP contribution in [0.4, 0.5) is 0 Å². The first-order valence-corrected chi connectivity index (χ1v) is 8.12. The van der Waals surface area contributed by atoms with Gasteiger partial charge in [-0.1, -0.05) is 64.4 Å². The molecule has 0 radical (unpaired) electrons. The van der Waals surface area contributed by atoms with Crippen LogP contribution in [-0.4, -0.2) is 18.5 Å². The minimum Gasteiger partial charge on any atom is -0.392 e. The van der Waals surface area contributed by atoms with Gasteiger partial charge < -0.3 is 10.5 Å². The smallest absolute Gasteiger partial charge is 0.327 e. The highest BCUT2D eigenvalue weighted by Crippen LogP contribution is 2.10. The zero-order valence-electron chi connectivity index (χ0n) is 13.9. The Morgan fingerprint density at radius 1 is 0.952 bits per heavy atom. The van der Waals surface area contributed by atoms with Gasteiger partial charge in [0, 0.05) is 6.42 Å². The molecule has 0 aliphatic rings. The van der Waals surface area contributed by atoms with Crippen LogP contribution in [0.3, 0.4) is 0 Å². The van der Waals surface area contributed by atoms with E-state index in [-0.39, 0.29) is 6.54 Å². The topological polar surface area (TPSA) is 69.4 Å². The molecule has 21 heavy (non-hydrogen) atoms. The lowest BCUT2D eigenvalue weighted by molar-refractivity contribution is -0.158. The van der Waals surface area contributed by atoms with E-state index in [9.17, 15) is 9.59 Å². The summed E-state index contributed by atoms with van der Waals surface area (Å²) in [6, 6.07) is 0. The third kappa shape index (κ3) is 21.3. The molecule has 0 spiro atoms. The van der Waals surface area contributed by atoms with Crippen molar-refractivity contribution in [3.05, 3.63) is 12.7 Å².